The number of amides is 1. The van der Waals surface area contributed by atoms with E-state index in [0.29, 0.717) is 24.7 Å². The number of hydrogen-bond acceptors (Lipinski definition) is 8. The van der Waals surface area contributed by atoms with Gasteiger partial charge >= 0.3 is 0 Å². The molecule has 1 N–H and O–H groups in total. The van der Waals surface area contributed by atoms with E-state index in [1.807, 2.05) is 34.1 Å². The van der Waals surface area contributed by atoms with Crippen LogP contribution in [0.5, 0.6) is 0 Å². The van der Waals surface area contributed by atoms with Crippen LogP contribution in [0, 0.1) is 24.2 Å². The van der Waals surface area contributed by atoms with Crippen LogP contribution in [0.3, 0.4) is 0 Å². The molecule has 0 aliphatic carbocycles. The summed E-state index contributed by atoms with van der Waals surface area (Å²) in [6.45, 7) is 9.56. The van der Waals surface area contributed by atoms with Gasteiger partial charge in [-0.05, 0) is 26.7 Å². The molecule has 1 amide bonds. The van der Waals surface area contributed by atoms with Gasteiger partial charge in [-0.15, -0.1) is 12.3 Å². The number of terminal acetylenes is 1. The summed E-state index contributed by atoms with van der Waals surface area (Å²) >= 11 is 0. The lowest BCUT2D eigenvalue weighted by atomic mass is 10.0. The first-order valence-corrected chi connectivity index (χ1v) is 13.7. The number of likely N-dealkylation sites (tertiary alicyclic amines) is 1. The highest BCUT2D eigenvalue weighted by Gasteiger charge is 2.42. The Morgan fingerprint density at radius 2 is 1.82 bits per heavy atom. The Hall–Kier alpha value is -3.87. The number of pyridine rings is 1. The Morgan fingerprint density at radius 1 is 1.05 bits per heavy atom. The van der Waals surface area contributed by atoms with E-state index < -0.39 is 0 Å². The summed E-state index contributed by atoms with van der Waals surface area (Å²) < 4.78 is 2.01. The maximum absolute atomic E-state index is 12.5. The van der Waals surface area contributed by atoms with Gasteiger partial charge in [0.25, 0.3) is 0 Å². The van der Waals surface area contributed by atoms with Gasteiger partial charge in [-0.25, -0.2) is 4.98 Å². The molecule has 0 radical (unpaired) electrons. The molecule has 0 unspecified atom stereocenters. The molecule has 3 aliphatic heterocycles. The van der Waals surface area contributed by atoms with Crippen molar-refractivity contribution < 1.29 is 4.79 Å². The van der Waals surface area contributed by atoms with E-state index in [4.69, 9.17) is 16.4 Å². The Bertz CT molecular complexity index is 1360. The zero-order chi connectivity index (χ0) is 26.2. The first kappa shape index (κ1) is 24.5. The minimum atomic E-state index is 0.178. The zero-order valence-corrected chi connectivity index (χ0v) is 22.2. The lowest BCUT2D eigenvalue weighted by molar-refractivity contribution is -0.130. The highest BCUT2D eigenvalue weighted by Crippen LogP contribution is 2.35. The van der Waals surface area contributed by atoms with Crippen molar-refractivity contribution in [2.45, 2.75) is 45.6 Å². The summed E-state index contributed by atoms with van der Waals surface area (Å²) in [6.07, 6.45) is 12.3. The third-order valence-corrected chi connectivity index (χ3v) is 7.96. The van der Waals surface area contributed by atoms with Crippen molar-refractivity contribution in [2.75, 3.05) is 54.4 Å². The Labute approximate surface area is 223 Å². The van der Waals surface area contributed by atoms with Gasteiger partial charge in [-0.1, -0.05) is 0 Å². The molecule has 3 aliphatic rings. The van der Waals surface area contributed by atoms with Crippen LogP contribution in [0.4, 0.5) is 23.4 Å². The van der Waals surface area contributed by atoms with Crippen molar-refractivity contribution in [2.24, 2.45) is 11.8 Å². The van der Waals surface area contributed by atoms with Gasteiger partial charge < -0.3 is 20.0 Å². The molecule has 0 saturated carbocycles. The van der Waals surface area contributed by atoms with Crippen LogP contribution >= 0.6 is 0 Å². The molecule has 10 heteroatoms. The Balaban J connectivity index is 1.23. The largest absolute Gasteiger partial charge is 0.356 e. The van der Waals surface area contributed by atoms with Gasteiger partial charge in [-0.3, -0.25) is 9.48 Å². The summed E-state index contributed by atoms with van der Waals surface area (Å²) in [5.74, 6) is 6.82. The quantitative estimate of drug-likeness (QED) is 0.480. The van der Waals surface area contributed by atoms with Crippen molar-refractivity contribution in [1.29, 1.82) is 0 Å². The van der Waals surface area contributed by atoms with Crippen molar-refractivity contribution in [3.63, 3.8) is 0 Å². The van der Waals surface area contributed by atoms with Gasteiger partial charge in [-0.2, -0.15) is 15.1 Å². The summed E-state index contributed by atoms with van der Waals surface area (Å²) in [5, 5.41) is 8.97. The first-order valence-electron chi connectivity index (χ1n) is 13.7. The second-order valence-corrected chi connectivity index (χ2v) is 11.0. The summed E-state index contributed by atoms with van der Waals surface area (Å²) in [7, 11) is 0. The minimum Gasteiger partial charge on any atom is -0.356 e. The smallest absolute Gasteiger partial charge is 0.229 e. The fourth-order valence-corrected chi connectivity index (χ4v) is 5.98. The number of fused-ring (bicyclic) bond motifs is 2. The average Bonchev–Trinajstić information content (AvgIpc) is 3.70. The lowest BCUT2D eigenvalue weighted by Gasteiger charge is -2.24. The maximum Gasteiger partial charge on any atom is 0.229 e. The summed E-state index contributed by atoms with van der Waals surface area (Å²) in [5.41, 5.74) is 1.04. The van der Waals surface area contributed by atoms with E-state index >= 15 is 0 Å². The fraction of sp³-hybridized carbons (Fsp3) is 0.536. The predicted octanol–water partition coefficient (Wildman–Crippen LogP) is 3.45. The van der Waals surface area contributed by atoms with E-state index in [2.05, 4.69) is 45.0 Å². The number of nitrogens with one attached hydrogen (secondary N) is 1. The van der Waals surface area contributed by atoms with Crippen LogP contribution in [-0.2, 0) is 4.79 Å². The molecule has 6 rings (SSSR count). The van der Waals surface area contributed by atoms with Crippen LogP contribution in [-0.4, -0.2) is 74.8 Å². The normalized spacial score (nSPS) is 20.9. The van der Waals surface area contributed by atoms with Crippen LogP contribution in [0.1, 0.15) is 45.6 Å². The molecule has 0 spiro atoms. The SMILES string of the molecule is C#CCCC(=O)N1C[C@@H]2CN(c3cc(Nc4cc5c(cn4)cnn5C(C)C)nc(N4CCCC4)n3)C[C@@H]2C1. The van der Waals surface area contributed by atoms with Gasteiger partial charge in [0, 0.05) is 93.7 Å². The molecule has 0 aromatic carbocycles. The summed E-state index contributed by atoms with van der Waals surface area (Å²) in [6, 6.07) is 4.32. The van der Waals surface area contributed by atoms with Crippen molar-refractivity contribution in [1.82, 2.24) is 29.6 Å². The van der Waals surface area contributed by atoms with E-state index in [9.17, 15) is 4.79 Å². The van der Waals surface area contributed by atoms with Gasteiger partial charge in [0.1, 0.15) is 17.5 Å². The number of anilines is 4. The average molecular weight is 514 g/mol. The van der Waals surface area contributed by atoms with Crippen LogP contribution in [0.25, 0.3) is 10.9 Å². The molecule has 3 saturated heterocycles. The predicted molar refractivity (Wildman–Crippen MR) is 149 cm³/mol. The molecule has 2 atom stereocenters. The third-order valence-electron chi connectivity index (χ3n) is 7.96. The van der Waals surface area contributed by atoms with E-state index in [-0.39, 0.29) is 11.9 Å². The molecular weight excluding hydrogens is 478 g/mol. The molecule has 198 valence electrons. The van der Waals surface area contributed by atoms with Gasteiger partial charge in [0.05, 0.1) is 11.7 Å². The second kappa shape index (κ2) is 10.1. The molecule has 3 fully saturated rings. The standard InChI is InChI=1S/C28H35N9O/c1-4-5-8-27(38)36-17-21-15-35(16-22(21)18-36)26-12-25(32-28(33-26)34-9-6-7-10-34)31-24-11-23-20(13-29-24)14-30-37(23)19(2)3/h1,11-14,19,21-22H,5-10,15-18H2,2-3H3,(H,29,31,32,33)/t21-,22+. The van der Waals surface area contributed by atoms with E-state index in [0.717, 1.165) is 86.4 Å². The molecule has 3 aromatic rings. The Kier molecular flexibility index (Phi) is 6.52. The number of rotatable bonds is 7. The maximum atomic E-state index is 12.5. The molecule has 3 aromatic heterocycles. The number of nitrogens with zero attached hydrogens (tertiary/aromatic N) is 8. The molecule has 10 nitrogen and oxygen atoms in total. The fourth-order valence-electron chi connectivity index (χ4n) is 5.98. The van der Waals surface area contributed by atoms with Crippen molar-refractivity contribution in [3.8, 4) is 12.3 Å². The molecule has 0 bridgehead atoms. The van der Waals surface area contributed by atoms with Crippen LogP contribution < -0.4 is 15.1 Å². The second-order valence-electron chi connectivity index (χ2n) is 11.0. The minimum absolute atomic E-state index is 0.178. The highest BCUT2D eigenvalue weighted by molar-refractivity contribution is 5.81. The zero-order valence-electron chi connectivity index (χ0n) is 22.2. The van der Waals surface area contributed by atoms with Gasteiger partial charge in [0.2, 0.25) is 11.9 Å². The summed E-state index contributed by atoms with van der Waals surface area (Å²) in [4.78, 5) is 33.6. The number of carbonyl (C=O) groups is 1. The monoisotopic (exact) mass is 513 g/mol. The van der Waals surface area contributed by atoms with Crippen molar-refractivity contribution >= 4 is 40.2 Å². The topological polar surface area (TPSA) is 95.3 Å². The van der Waals surface area contributed by atoms with Crippen LogP contribution in [0.15, 0.2) is 24.5 Å². The van der Waals surface area contributed by atoms with Crippen molar-refractivity contribution in [3.05, 3.63) is 24.5 Å². The van der Waals surface area contributed by atoms with Gasteiger partial charge in [0.15, 0.2) is 0 Å². The first-order chi connectivity index (χ1) is 18.5. The van der Waals surface area contributed by atoms with E-state index in [1.54, 1.807) is 0 Å². The molecular formula is C28H35N9O. The molecule has 6 heterocycles. The highest BCUT2D eigenvalue weighted by atomic mass is 16.2. The number of hydrogen-bond donors (Lipinski definition) is 1. The van der Waals surface area contributed by atoms with E-state index in [1.165, 1.54) is 0 Å². The molecule has 38 heavy (non-hydrogen) atoms. The number of carbonyl (C=O) groups excluding carboxylic acids is 1. The lowest BCUT2D eigenvalue weighted by Crippen LogP contribution is -2.33. The third kappa shape index (κ3) is 4.73. The van der Waals surface area contributed by atoms with Crippen LogP contribution in [0.2, 0.25) is 0 Å². The number of aromatic nitrogens is 5. The Morgan fingerprint density at radius 3 is 2.53 bits per heavy atom.